The fourth-order valence-corrected chi connectivity index (χ4v) is 4.11. The molecule has 2 rings (SSSR count). The Bertz CT molecular complexity index is 787. The molecule has 2 aromatic carbocycles. The minimum Gasteiger partial charge on any atom is -0.398 e. The number of nitrogens with one attached hydrogen (secondary N) is 1. The van der Waals surface area contributed by atoms with Gasteiger partial charge in [0.1, 0.15) is 0 Å². The van der Waals surface area contributed by atoms with E-state index in [1.807, 2.05) is 0 Å². The maximum absolute atomic E-state index is 12.5. The Kier molecular flexibility index (Phi) is 4.51. The predicted molar refractivity (Wildman–Crippen MR) is 90.3 cm³/mol. The van der Waals surface area contributed by atoms with Crippen molar-refractivity contribution < 1.29 is 8.42 Å². The molecule has 0 fully saturated rings. The molecule has 3 N–H and O–H groups in total. The van der Waals surface area contributed by atoms with Crippen LogP contribution in [0, 0.1) is 13.8 Å². The first-order valence-electron chi connectivity index (χ1n) is 6.06. The summed E-state index contributed by atoms with van der Waals surface area (Å²) in [5.41, 5.74) is 7.84. The molecule has 0 aliphatic carbocycles. The average molecular weight is 390 g/mol. The molecule has 0 unspecified atom stereocenters. The van der Waals surface area contributed by atoms with E-state index in [0.29, 0.717) is 26.4 Å². The summed E-state index contributed by atoms with van der Waals surface area (Å²) in [6.45, 7) is 3.49. The molecule has 0 aromatic heterocycles. The van der Waals surface area contributed by atoms with E-state index < -0.39 is 10.0 Å². The quantitative estimate of drug-likeness (QED) is 0.776. The van der Waals surface area contributed by atoms with Gasteiger partial charge in [0.25, 0.3) is 10.0 Å². The lowest BCUT2D eigenvalue weighted by molar-refractivity contribution is 0.600. The SMILES string of the molecule is Cc1cc(Br)c(N)cc1S(=O)(=O)Nc1c(C)cccc1Cl. The van der Waals surface area contributed by atoms with Crippen molar-refractivity contribution in [3.63, 3.8) is 0 Å². The maximum Gasteiger partial charge on any atom is 0.262 e. The van der Waals surface area contributed by atoms with Gasteiger partial charge in [-0.15, -0.1) is 0 Å². The molecule has 0 heterocycles. The molecular formula is C14H14BrClN2O2S. The third kappa shape index (κ3) is 3.33. The summed E-state index contributed by atoms with van der Waals surface area (Å²) in [5, 5.41) is 0.348. The van der Waals surface area contributed by atoms with Crippen molar-refractivity contribution in [2.75, 3.05) is 10.5 Å². The van der Waals surface area contributed by atoms with Gasteiger partial charge in [-0.2, -0.15) is 0 Å². The van der Waals surface area contributed by atoms with Gasteiger partial charge >= 0.3 is 0 Å². The zero-order valence-corrected chi connectivity index (χ0v) is 14.6. The first kappa shape index (κ1) is 16.1. The Labute approximate surface area is 137 Å². The lowest BCUT2D eigenvalue weighted by atomic mass is 10.2. The van der Waals surface area contributed by atoms with Crippen LogP contribution in [0.15, 0.2) is 39.7 Å². The minimum absolute atomic E-state index is 0.127. The summed E-state index contributed by atoms with van der Waals surface area (Å²) < 4.78 is 28.3. The van der Waals surface area contributed by atoms with E-state index in [-0.39, 0.29) is 4.90 Å². The zero-order valence-electron chi connectivity index (χ0n) is 11.4. The van der Waals surface area contributed by atoms with Gasteiger partial charge in [0, 0.05) is 10.2 Å². The van der Waals surface area contributed by atoms with Crippen molar-refractivity contribution in [2.45, 2.75) is 18.7 Å². The Morgan fingerprint density at radius 1 is 1.19 bits per heavy atom. The van der Waals surface area contributed by atoms with Crippen LogP contribution in [-0.4, -0.2) is 8.42 Å². The van der Waals surface area contributed by atoms with Gasteiger partial charge in [0.05, 0.1) is 15.6 Å². The molecule has 0 saturated heterocycles. The first-order valence-corrected chi connectivity index (χ1v) is 8.71. The highest BCUT2D eigenvalue weighted by molar-refractivity contribution is 9.10. The summed E-state index contributed by atoms with van der Waals surface area (Å²) >= 11 is 9.34. The highest BCUT2D eigenvalue weighted by Crippen LogP contribution is 2.31. The molecule has 0 aliphatic rings. The third-order valence-electron chi connectivity index (χ3n) is 3.04. The normalized spacial score (nSPS) is 11.4. The number of para-hydroxylation sites is 1. The average Bonchev–Trinajstić information content (AvgIpc) is 2.38. The number of anilines is 2. The standard InChI is InChI=1S/C14H14BrClN2O2S/c1-8-4-3-5-11(16)14(8)18-21(19,20)13-7-12(17)10(15)6-9(13)2/h3-7,18H,17H2,1-2H3. The van der Waals surface area contributed by atoms with E-state index in [0.717, 1.165) is 5.56 Å². The molecule has 21 heavy (non-hydrogen) atoms. The Hall–Kier alpha value is -1.24. The van der Waals surface area contributed by atoms with Crippen molar-refractivity contribution in [3.8, 4) is 0 Å². The molecule has 4 nitrogen and oxygen atoms in total. The summed E-state index contributed by atoms with van der Waals surface area (Å²) in [4.78, 5) is 0.127. The zero-order chi connectivity index (χ0) is 15.8. The topological polar surface area (TPSA) is 72.2 Å². The van der Waals surface area contributed by atoms with Gasteiger partial charge in [-0.25, -0.2) is 8.42 Å². The number of rotatable bonds is 3. The van der Waals surface area contributed by atoms with E-state index in [9.17, 15) is 8.42 Å². The second-order valence-corrected chi connectivity index (χ2v) is 7.59. The van der Waals surface area contributed by atoms with Gasteiger partial charge in [0.2, 0.25) is 0 Å². The maximum atomic E-state index is 12.5. The number of aryl methyl sites for hydroxylation is 2. The lowest BCUT2D eigenvalue weighted by Crippen LogP contribution is -2.15. The van der Waals surface area contributed by atoms with E-state index in [1.54, 1.807) is 38.1 Å². The minimum atomic E-state index is -3.76. The highest BCUT2D eigenvalue weighted by Gasteiger charge is 2.20. The lowest BCUT2D eigenvalue weighted by Gasteiger charge is -2.14. The van der Waals surface area contributed by atoms with Crippen LogP contribution in [0.5, 0.6) is 0 Å². The first-order chi connectivity index (χ1) is 9.72. The van der Waals surface area contributed by atoms with Gasteiger partial charge in [-0.3, -0.25) is 4.72 Å². The molecule has 0 spiro atoms. The summed E-state index contributed by atoms with van der Waals surface area (Å²) in [5.74, 6) is 0. The molecule has 2 aromatic rings. The smallest absolute Gasteiger partial charge is 0.262 e. The molecule has 0 bridgehead atoms. The third-order valence-corrected chi connectivity index (χ3v) is 5.54. The van der Waals surface area contributed by atoms with Crippen LogP contribution in [0.4, 0.5) is 11.4 Å². The highest BCUT2D eigenvalue weighted by atomic mass is 79.9. The van der Waals surface area contributed by atoms with Gasteiger partial charge in [-0.1, -0.05) is 23.7 Å². The molecule has 112 valence electrons. The number of hydrogen-bond donors (Lipinski definition) is 2. The summed E-state index contributed by atoms with van der Waals surface area (Å²) in [6, 6.07) is 8.28. The number of halogens is 2. The van der Waals surface area contributed by atoms with Crippen molar-refractivity contribution in [1.82, 2.24) is 0 Å². The van der Waals surface area contributed by atoms with E-state index >= 15 is 0 Å². The van der Waals surface area contributed by atoms with Crippen LogP contribution >= 0.6 is 27.5 Å². The van der Waals surface area contributed by atoms with E-state index in [4.69, 9.17) is 17.3 Å². The number of hydrogen-bond acceptors (Lipinski definition) is 3. The molecule has 0 radical (unpaired) electrons. The van der Waals surface area contributed by atoms with Crippen molar-refractivity contribution in [2.24, 2.45) is 0 Å². The predicted octanol–water partition coefficient (Wildman–Crippen LogP) is 4.10. The van der Waals surface area contributed by atoms with Crippen LogP contribution in [0.25, 0.3) is 0 Å². The van der Waals surface area contributed by atoms with E-state index in [2.05, 4.69) is 20.7 Å². The number of benzene rings is 2. The Morgan fingerprint density at radius 3 is 2.48 bits per heavy atom. The van der Waals surface area contributed by atoms with Crippen molar-refractivity contribution in [3.05, 3.63) is 51.0 Å². The Morgan fingerprint density at radius 2 is 1.86 bits per heavy atom. The molecule has 0 aliphatic heterocycles. The van der Waals surface area contributed by atoms with Crippen LogP contribution in [0.1, 0.15) is 11.1 Å². The van der Waals surface area contributed by atoms with E-state index in [1.165, 1.54) is 6.07 Å². The monoisotopic (exact) mass is 388 g/mol. The van der Waals surface area contributed by atoms with Gasteiger partial charge in [0.15, 0.2) is 0 Å². The fourth-order valence-electron chi connectivity index (χ4n) is 1.91. The van der Waals surface area contributed by atoms with Crippen molar-refractivity contribution >= 4 is 48.9 Å². The second-order valence-electron chi connectivity index (χ2n) is 4.68. The van der Waals surface area contributed by atoms with Gasteiger partial charge in [-0.05, 0) is 59.1 Å². The number of sulfonamides is 1. The van der Waals surface area contributed by atoms with Gasteiger partial charge < -0.3 is 5.73 Å². The molecule has 0 amide bonds. The van der Waals surface area contributed by atoms with Crippen molar-refractivity contribution in [1.29, 1.82) is 0 Å². The largest absolute Gasteiger partial charge is 0.398 e. The van der Waals surface area contributed by atoms with Crippen LogP contribution in [0.3, 0.4) is 0 Å². The molecule has 0 atom stereocenters. The molecule has 0 saturated carbocycles. The molecule has 7 heteroatoms. The molecular weight excluding hydrogens is 376 g/mol. The number of nitrogens with two attached hydrogens (primary N) is 1. The summed E-state index contributed by atoms with van der Waals surface area (Å²) in [6.07, 6.45) is 0. The van der Waals surface area contributed by atoms with Crippen LogP contribution in [0.2, 0.25) is 5.02 Å². The van der Waals surface area contributed by atoms with Crippen LogP contribution in [-0.2, 0) is 10.0 Å². The number of nitrogen functional groups attached to an aromatic ring is 1. The fraction of sp³-hybridized carbons (Fsp3) is 0.143. The van der Waals surface area contributed by atoms with Crippen LogP contribution < -0.4 is 10.5 Å². The Balaban J connectivity index is 2.51. The summed E-state index contributed by atoms with van der Waals surface area (Å²) in [7, 11) is -3.76. The second kappa shape index (κ2) is 5.87.